The second-order valence-electron chi connectivity index (χ2n) is 3.36. The van der Waals surface area contributed by atoms with Gasteiger partial charge in [0.2, 0.25) is 0 Å². The zero-order valence-corrected chi connectivity index (χ0v) is 7.63. The Hall–Kier alpha value is -0.200. The maximum atomic E-state index is 9.53. The van der Waals surface area contributed by atoms with Crippen LogP contribution in [-0.4, -0.2) is 52.4 Å². The van der Waals surface area contributed by atoms with E-state index in [4.69, 9.17) is 15.6 Å². The van der Waals surface area contributed by atoms with Crippen LogP contribution >= 0.6 is 0 Å². The molecule has 5 N–H and O–H groups in total. The van der Waals surface area contributed by atoms with E-state index in [1.807, 2.05) is 6.92 Å². The van der Waals surface area contributed by atoms with Crippen LogP contribution in [0.25, 0.3) is 0 Å². The molecule has 1 fully saturated rings. The first-order chi connectivity index (χ1) is 6.11. The molecule has 78 valence electrons. The van der Waals surface area contributed by atoms with Crippen molar-refractivity contribution in [2.75, 3.05) is 6.61 Å². The SMILES string of the molecule is CC[C@@H]1OC(CO)[C@@H](O)C(N)C1O. The minimum atomic E-state index is -0.997. The number of aliphatic hydroxyl groups excluding tert-OH is 3. The van der Waals surface area contributed by atoms with Crippen LogP contribution in [0, 0.1) is 0 Å². The molecule has 0 saturated carbocycles. The molecule has 1 rings (SSSR count). The predicted octanol–water partition coefficient (Wildman–Crippen LogP) is -1.79. The highest BCUT2D eigenvalue weighted by atomic mass is 16.5. The molecule has 5 atom stereocenters. The minimum absolute atomic E-state index is 0.280. The fourth-order valence-corrected chi connectivity index (χ4v) is 1.57. The Balaban J connectivity index is 2.66. The Morgan fingerprint density at radius 1 is 1.23 bits per heavy atom. The Morgan fingerprint density at radius 3 is 2.23 bits per heavy atom. The molecule has 0 spiro atoms. The van der Waals surface area contributed by atoms with Crippen molar-refractivity contribution in [2.24, 2.45) is 5.73 Å². The maximum Gasteiger partial charge on any atom is 0.108 e. The van der Waals surface area contributed by atoms with Crippen molar-refractivity contribution in [1.82, 2.24) is 0 Å². The molecule has 3 unspecified atom stereocenters. The van der Waals surface area contributed by atoms with Gasteiger partial charge in [0.05, 0.1) is 24.9 Å². The highest BCUT2D eigenvalue weighted by Gasteiger charge is 2.41. The summed E-state index contributed by atoms with van der Waals surface area (Å²) in [7, 11) is 0. The van der Waals surface area contributed by atoms with Crippen LogP contribution in [0.1, 0.15) is 13.3 Å². The van der Waals surface area contributed by atoms with Crippen LogP contribution in [0.15, 0.2) is 0 Å². The van der Waals surface area contributed by atoms with Crippen LogP contribution < -0.4 is 5.73 Å². The molecule has 0 aromatic rings. The zero-order chi connectivity index (χ0) is 10.0. The second kappa shape index (κ2) is 4.34. The lowest BCUT2D eigenvalue weighted by Crippen LogP contribution is -2.61. The lowest BCUT2D eigenvalue weighted by atomic mass is 9.92. The van der Waals surface area contributed by atoms with E-state index < -0.39 is 30.5 Å². The van der Waals surface area contributed by atoms with Gasteiger partial charge in [0, 0.05) is 0 Å². The Kier molecular flexibility index (Phi) is 3.63. The number of hydrogen-bond donors (Lipinski definition) is 4. The number of ether oxygens (including phenoxy) is 1. The van der Waals surface area contributed by atoms with Gasteiger partial charge in [-0.15, -0.1) is 0 Å². The summed E-state index contributed by atoms with van der Waals surface area (Å²) in [6, 6.07) is -0.740. The molecule has 0 aromatic heterocycles. The van der Waals surface area contributed by atoms with Gasteiger partial charge < -0.3 is 25.8 Å². The van der Waals surface area contributed by atoms with Crippen LogP contribution in [0.2, 0.25) is 0 Å². The zero-order valence-electron chi connectivity index (χ0n) is 7.63. The third-order valence-electron chi connectivity index (χ3n) is 2.48. The van der Waals surface area contributed by atoms with Gasteiger partial charge in [0.25, 0.3) is 0 Å². The van der Waals surface area contributed by atoms with Crippen LogP contribution in [0.3, 0.4) is 0 Å². The lowest BCUT2D eigenvalue weighted by molar-refractivity contribution is -0.188. The summed E-state index contributed by atoms with van der Waals surface area (Å²) in [5, 5.41) is 27.8. The van der Waals surface area contributed by atoms with Crippen LogP contribution in [0.5, 0.6) is 0 Å². The first-order valence-electron chi connectivity index (χ1n) is 4.49. The van der Waals surface area contributed by atoms with E-state index in [-0.39, 0.29) is 6.61 Å². The van der Waals surface area contributed by atoms with Gasteiger partial charge in [-0.1, -0.05) is 6.92 Å². The Bertz CT molecular complexity index is 146. The average Bonchev–Trinajstić information content (AvgIpc) is 2.15. The number of hydrogen-bond acceptors (Lipinski definition) is 5. The van der Waals surface area contributed by atoms with E-state index in [9.17, 15) is 10.2 Å². The second-order valence-corrected chi connectivity index (χ2v) is 3.36. The fourth-order valence-electron chi connectivity index (χ4n) is 1.57. The third kappa shape index (κ3) is 2.00. The molecule has 1 aliphatic heterocycles. The molecule has 0 aliphatic carbocycles. The van der Waals surface area contributed by atoms with E-state index in [1.54, 1.807) is 0 Å². The summed E-state index contributed by atoms with van der Waals surface area (Å²) in [6.45, 7) is 1.57. The molecular weight excluding hydrogens is 174 g/mol. The monoisotopic (exact) mass is 191 g/mol. The van der Waals surface area contributed by atoms with Crippen molar-refractivity contribution in [2.45, 2.75) is 43.8 Å². The predicted molar refractivity (Wildman–Crippen MR) is 46.0 cm³/mol. The highest BCUT2D eigenvalue weighted by Crippen LogP contribution is 2.21. The van der Waals surface area contributed by atoms with Crippen molar-refractivity contribution in [1.29, 1.82) is 0 Å². The number of nitrogens with two attached hydrogens (primary N) is 1. The van der Waals surface area contributed by atoms with E-state index in [0.717, 1.165) is 0 Å². The smallest absolute Gasteiger partial charge is 0.108 e. The van der Waals surface area contributed by atoms with Crippen molar-refractivity contribution in [3.63, 3.8) is 0 Å². The molecule has 0 radical (unpaired) electrons. The first-order valence-corrected chi connectivity index (χ1v) is 4.49. The van der Waals surface area contributed by atoms with Gasteiger partial charge in [-0.3, -0.25) is 0 Å². The number of rotatable bonds is 2. The highest BCUT2D eigenvalue weighted by molar-refractivity contribution is 4.93. The van der Waals surface area contributed by atoms with Crippen LogP contribution in [-0.2, 0) is 4.74 Å². The quantitative estimate of drug-likeness (QED) is 0.413. The average molecular weight is 191 g/mol. The molecule has 1 saturated heterocycles. The van der Waals surface area contributed by atoms with Gasteiger partial charge >= 0.3 is 0 Å². The van der Waals surface area contributed by atoms with Crippen molar-refractivity contribution >= 4 is 0 Å². The lowest BCUT2D eigenvalue weighted by Gasteiger charge is -2.40. The summed E-state index contributed by atoms with van der Waals surface area (Å²) in [4.78, 5) is 0. The molecule has 0 aromatic carbocycles. The molecule has 1 aliphatic rings. The molecule has 13 heavy (non-hydrogen) atoms. The first kappa shape index (κ1) is 10.9. The van der Waals surface area contributed by atoms with Crippen molar-refractivity contribution in [3.8, 4) is 0 Å². The molecule has 0 amide bonds. The van der Waals surface area contributed by atoms with E-state index in [2.05, 4.69) is 0 Å². The minimum Gasteiger partial charge on any atom is -0.394 e. The van der Waals surface area contributed by atoms with Gasteiger partial charge in [0.15, 0.2) is 0 Å². The summed E-state index contributed by atoms with van der Waals surface area (Å²) >= 11 is 0. The third-order valence-corrected chi connectivity index (χ3v) is 2.48. The molecular formula is C8H17NO4. The summed E-state index contributed by atoms with van der Waals surface area (Å²) < 4.78 is 5.25. The van der Waals surface area contributed by atoms with Crippen molar-refractivity contribution < 1.29 is 20.1 Å². The Morgan fingerprint density at radius 2 is 1.77 bits per heavy atom. The number of aliphatic hydroxyl groups is 3. The van der Waals surface area contributed by atoms with Gasteiger partial charge in [-0.05, 0) is 6.42 Å². The molecule has 1 heterocycles. The van der Waals surface area contributed by atoms with Gasteiger partial charge in [0.1, 0.15) is 12.2 Å². The van der Waals surface area contributed by atoms with Crippen molar-refractivity contribution in [3.05, 3.63) is 0 Å². The normalized spacial score (nSPS) is 46.4. The largest absolute Gasteiger partial charge is 0.394 e. The standard InChI is InChI=1S/C8H17NO4/c1-2-4-7(11)6(9)8(12)5(3-10)13-4/h4-8,10-12H,2-3,9H2,1H3/t4-,5?,6?,7?,8+/m0/s1. The summed E-state index contributed by atoms with van der Waals surface area (Å²) in [5.74, 6) is 0. The van der Waals surface area contributed by atoms with E-state index in [0.29, 0.717) is 6.42 Å². The maximum absolute atomic E-state index is 9.53. The summed E-state index contributed by atoms with van der Waals surface area (Å²) in [5.41, 5.74) is 5.56. The summed E-state index contributed by atoms with van der Waals surface area (Å²) in [6.07, 6.45) is -2.32. The Labute approximate surface area is 77.1 Å². The van der Waals surface area contributed by atoms with E-state index in [1.165, 1.54) is 0 Å². The van der Waals surface area contributed by atoms with E-state index >= 15 is 0 Å². The fraction of sp³-hybridized carbons (Fsp3) is 1.00. The molecule has 5 nitrogen and oxygen atoms in total. The van der Waals surface area contributed by atoms with Gasteiger partial charge in [-0.2, -0.15) is 0 Å². The molecule has 0 bridgehead atoms. The molecule has 5 heteroatoms. The van der Waals surface area contributed by atoms with Gasteiger partial charge in [-0.25, -0.2) is 0 Å². The van der Waals surface area contributed by atoms with Crippen LogP contribution in [0.4, 0.5) is 0 Å². The topological polar surface area (TPSA) is 95.9 Å².